The summed E-state index contributed by atoms with van der Waals surface area (Å²) < 4.78 is 21.0. The second-order valence-corrected chi connectivity index (χ2v) is 10.8. The maximum absolute atomic E-state index is 13.7. The predicted molar refractivity (Wildman–Crippen MR) is 164 cm³/mol. The molecular formula is C31H26FKN4O4S. The van der Waals surface area contributed by atoms with Crippen molar-refractivity contribution in [3.63, 3.8) is 0 Å². The number of nitrogens with zero attached hydrogens (tertiary/aromatic N) is 3. The van der Waals surface area contributed by atoms with Crippen LogP contribution in [-0.2, 0) is 25.9 Å². The number of fused-ring (bicyclic) bond motifs is 1. The number of halogens is 1. The molecule has 0 fully saturated rings. The number of aromatic nitrogens is 4. The molecule has 6 aromatic rings. The molecule has 0 saturated carbocycles. The molecule has 0 aliphatic carbocycles. The topological polar surface area (TPSA) is 103 Å². The number of hydrogen-bond donors (Lipinski definition) is 1. The van der Waals surface area contributed by atoms with Crippen LogP contribution in [-0.4, -0.2) is 70.7 Å². The van der Waals surface area contributed by atoms with E-state index in [2.05, 4.69) is 14.7 Å². The van der Waals surface area contributed by atoms with Gasteiger partial charge in [0.25, 0.3) is 5.56 Å². The molecule has 0 aliphatic rings. The number of nitrogens with one attached hydrogen (secondary N) is 1. The summed E-state index contributed by atoms with van der Waals surface area (Å²) in [4.78, 5) is 42.8. The van der Waals surface area contributed by atoms with Crippen molar-refractivity contribution >= 4 is 72.9 Å². The fraction of sp³-hybridized carbons (Fsp3) is 0.161. The third-order valence-corrected chi connectivity index (χ3v) is 8.36. The van der Waals surface area contributed by atoms with E-state index < -0.39 is 5.76 Å². The average molecular weight is 609 g/mol. The fourth-order valence-corrected chi connectivity index (χ4v) is 5.99. The predicted octanol–water partition coefficient (Wildman–Crippen LogP) is 4.58. The minimum atomic E-state index is -0.624. The number of benzene rings is 3. The van der Waals surface area contributed by atoms with E-state index >= 15 is 0 Å². The number of thiophene rings is 1. The Morgan fingerprint density at radius 2 is 1.60 bits per heavy atom. The first kappa shape index (κ1) is 30.3. The second kappa shape index (κ2) is 13.0. The van der Waals surface area contributed by atoms with Crippen LogP contribution in [0.5, 0.6) is 0 Å². The Morgan fingerprint density at radius 3 is 2.26 bits per heavy atom. The van der Waals surface area contributed by atoms with Crippen LogP contribution < -0.4 is 17.0 Å². The normalized spacial score (nSPS) is 11.1. The molecule has 0 radical (unpaired) electrons. The van der Waals surface area contributed by atoms with E-state index in [1.807, 2.05) is 61.5 Å². The maximum atomic E-state index is 13.7. The zero-order valence-corrected chi connectivity index (χ0v) is 22.9. The van der Waals surface area contributed by atoms with Crippen molar-refractivity contribution in [3.8, 4) is 22.5 Å². The second-order valence-electron chi connectivity index (χ2n) is 9.67. The van der Waals surface area contributed by atoms with Crippen molar-refractivity contribution < 1.29 is 8.91 Å². The Morgan fingerprint density at radius 1 is 0.905 bits per heavy atom. The van der Waals surface area contributed by atoms with Crippen LogP contribution in [0.2, 0.25) is 0 Å². The zero-order valence-electron chi connectivity index (χ0n) is 22.1. The SMILES string of the molecule is CCc1cc2c(=O)n(CCc3ccc(F)cc3)c(=O)n(Cc3ccc(-c4ccccc4-c4noc(=O)[nH]4)cc3)c2s1.[KH]. The fourth-order valence-electron chi connectivity index (χ4n) is 4.91. The van der Waals surface area contributed by atoms with Gasteiger partial charge in [-0.2, -0.15) is 0 Å². The van der Waals surface area contributed by atoms with Crippen molar-refractivity contribution in [2.45, 2.75) is 32.9 Å². The zero-order chi connectivity index (χ0) is 28.5. The summed E-state index contributed by atoms with van der Waals surface area (Å²) in [5, 5.41) is 4.35. The van der Waals surface area contributed by atoms with E-state index in [-0.39, 0.29) is 81.5 Å². The van der Waals surface area contributed by atoms with Crippen molar-refractivity contribution in [1.29, 1.82) is 0 Å². The molecule has 0 unspecified atom stereocenters. The van der Waals surface area contributed by atoms with Crippen LogP contribution in [0.1, 0.15) is 22.9 Å². The van der Waals surface area contributed by atoms with Crippen LogP contribution >= 0.6 is 11.3 Å². The molecule has 1 N–H and O–H groups in total. The van der Waals surface area contributed by atoms with Crippen molar-refractivity contribution in [3.05, 3.63) is 132 Å². The van der Waals surface area contributed by atoms with Gasteiger partial charge in [0.2, 0.25) is 0 Å². The molecular weight excluding hydrogens is 583 g/mol. The first-order chi connectivity index (χ1) is 19.9. The van der Waals surface area contributed by atoms with Gasteiger partial charge in [0.1, 0.15) is 10.6 Å². The Balaban J connectivity index is 0.00000353. The molecule has 208 valence electrons. The van der Waals surface area contributed by atoms with Crippen molar-refractivity contribution in [2.24, 2.45) is 0 Å². The van der Waals surface area contributed by atoms with Gasteiger partial charge in [-0.05, 0) is 53.3 Å². The van der Waals surface area contributed by atoms with Gasteiger partial charge in [-0.15, -0.1) is 11.3 Å². The molecule has 0 amide bonds. The van der Waals surface area contributed by atoms with Gasteiger partial charge in [0.15, 0.2) is 5.82 Å². The minimum absolute atomic E-state index is 0. The Hall–Kier alpha value is -3.19. The Bertz CT molecular complexity index is 2040. The van der Waals surface area contributed by atoms with Crippen LogP contribution in [0.25, 0.3) is 32.7 Å². The van der Waals surface area contributed by atoms with Crippen molar-refractivity contribution in [1.82, 2.24) is 19.3 Å². The Kier molecular flexibility index (Phi) is 9.36. The van der Waals surface area contributed by atoms with Crippen LogP contribution in [0, 0.1) is 5.82 Å². The van der Waals surface area contributed by atoms with E-state index in [1.165, 1.54) is 28.0 Å². The van der Waals surface area contributed by atoms with Gasteiger partial charge in [0.05, 0.1) is 11.9 Å². The molecule has 11 heteroatoms. The molecule has 42 heavy (non-hydrogen) atoms. The summed E-state index contributed by atoms with van der Waals surface area (Å²) >= 11 is 1.46. The third-order valence-electron chi connectivity index (χ3n) is 7.06. The van der Waals surface area contributed by atoms with Crippen LogP contribution in [0.15, 0.2) is 97.8 Å². The average Bonchev–Trinajstić information content (AvgIpc) is 3.63. The molecule has 3 aromatic carbocycles. The van der Waals surface area contributed by atoms with Gasteiger partial charge in [-0.3, -0.25) is 23.4 Å². The first-order valence-electron chi connectivity index (χ1n) is 13.2. The molecule has 0 bridgehead atoms. The molecule has 8 nitrogen and oxygen atoms in total. The van der Waals surface area contributed by atoms with E-state index in [0.29, 0.717) is 22.5 Å². The third kappa shape index (κ3) is 6.12. The van der Waals surface area contributed by atoms with Gasteiger partial charge in [-0.25, -0.2) is 14.0 Å². The van der Waals surface area contributed by atoms with Crippen LogP contribution in [0.3, 0.4) is 0 Å². The number of rotatable bonds is 8. The summed E-state index contributed by atoms with van der Waals surface area (Å²) in [5.41, 5.74) is 3.54. The number of hydrogen-bond acceptors (Lipinski definition) is 6. The molecule has 3 aromatic heterocycles. The van der Waals surface area contributed by atoms with Crippen molar-refractivity contribution in [2.75, 3.05) is 0 Å². The van der Waals surface area contributed by atoms with Gasteiger partial charge in [0, 0.05) is 17.0 Å². The summed E-state index contributed by atoms with van der Waals surface area (Å²) in [6, 6.07) is 23.3. The van der Waals surface area contributed by atoms with E-state index in [0.717, 1.165) is 39.1 Å². The van der Waals surface area contributed by atoms with Gasteiger partial charge in [-0.1, -0.05) is 72.7 Å². The summed E-state index contributed by atoms with van der Waals surface area (Å²) in [5.74, 6) is -0.612. The molecule has 0 spiro atoms. The quantitative estimate of drug-likeness (QED) is 0.255. The molecule has 0 aliphatic heterocycles. The first-order valence-corrected chi connectivity index (χ1v) is 14.0. The summed E-state index contributed by atoms with van der Waals surface area (Å²) in [6.45, 7) is 2.50. The molecule has 3 heterocycles. The molecule has 0 saturated heterocycles. The summed E-state index contributed by atoms with van der Waals surface area (Å²) in [6.07, 6.45) is 1.18. The van der Waals surface area contributed by atoms with E-state index in [9.17, 15) is 18.8 Å². The van der Waals surface area contributed by atoms with E-state index in [1.54, 1.807) is 16.7 Å². The standard InChI is InChI=1S/C31H25FN4O4S.K.H/c1-2-23-17-26-28(37)35(16-15-19-9-13-22(32)14-10-19)31(39)36(29(26)41-23)18-20-7-11-21(12-8-20)24-5-3-4-6-25(24)27-33-30(38)40-34-27;;/h3-14,17H,2,15-16,18H2,1H3,(H,33,34,38);;. The monoisotopic (exact) mass is 608 g/mol. The Labute approximate surface area is 285 Å². The molecule has 6 rings (SSSR count). The van der Waals surface area contributed by atoms with E-state index in [4.69, 9.17) is 0 Å². The van der Waals surface area contributed by atoms with Gasteiger partial charge < -0.3 is 0 Å². The summed E-state index contributed by atoms with van der Waals surface area (Å²) in [7, 11) is 0. The molecule has 0 atom stereocenters. The number of aryl methyl sites for hydroxylation is 2. The van der Waals surface area contributed by atoms with Gasteiger partial charge >= 0.3 is 62.8 Å². The number of aromatic amines is 1. The number of H-pyrrole nitrogens is 1. The van der Waals surface area contributed by atoms with Crippen LogP contribution in [0.4, 0.5) is 4.39 Å².